The van der Waals surface area contributed by atoms with E-state index in [0.29, 0.717) is 17.7 Å². The second kappa shape index (κ2) is 8.14. The Bertz CT molecular complexity index is 451. The Morgan fingerprint density at radius 1 is 1.43 bits per heavy atom. The number of halogens is 1. The zero-order chi connectivity index (χ0) is 15.9. The average Bonchev–Trinajstić information content (AvgIpc) is 2.38. The SMILES string of the molecule is CC(C)(C)OC=O.CC1CN(c2nccnc2Cl)CCN1. The van der Waals surface area contributed by atoms with Gasteiger partial charge in [0, 0.05) is 38.1 Å². The fourth-order valence-electron chi connectivity index (χ4n) is 1.79. The predicted molar refractivity (Wildman–Crippen MR) is 83.6 cm³/mol. The third kappa shape index (κ3) is 6.73. The maximum absolute atomic E-state index is 9.60. The zero-order valence-electron chi connectivity index (χ0n) is 13.0. The molecule has 21 heavy (non-hydrogen) atoms. The summed E-state index contributed by atoms with van der Waals surface area (Å²) in [7, 11) is 0. The van der Waals surface area contributed by atoms with Crippen LogP contribution >= 0.6 is 11.6 Å². The van der Waals surface area contributed by atoms with E-state index in [-0.39, 0.29) is 5.60 Å². The second-order valence-electron chi connectivity index (χ2n) is 5.80. The van der Waals surface area contributed by atoms with Crippen LogP contribution in [0, 0.1) is 0 Å². The van der Waals surface area contributed by atoms with Crippen LogP contribution in [-0.4, -0.2) is 47.7 Å². The van der Waals surface area contributed by atoms with Gasteiger partial charge in [0.1, 0.15) is 5.60 Å². The smallest absolute Gasteiger partial charge is 0.293 e. The van der Waals surface area contributed by atoms with E-state index in [0.717, 1.165) is 25.5 Å². The summed E-state index contributed by atoms with van der Waals surface area (Å²) in [4.78, 5) is 20.0. The van der Waals surface area contributed by atoms with Crippen LogP contribution in [0.3, 0.4) is 0 Å². The molecule has 1 aliphatic rings. The van der Waals surface area contributed by atoms with Crippen molar-refractivity contribution in [3.8, 4) is 0 Å². The first kappa shape index (κ1) is 17.7. The van der Waals surface area contributed by atoms with Gasteiger partial charge >= 0.3 is 0 Å². The molecule has 2 rings (SSSR count). The molecule has 7 heteroatoms. The van der Waals surface area contributed by atoms with Crippen LogP contribution in [-0.2, 0) is 9.53 Å². The van der Waals surface area contributed by atoms with Gasteiger partial charge in [0.15, 0.2) is 11.0 Å². The Labute approximate surface area is 130 Å². The number of carbonyl (C=O) groups is 1. The summed E-state index contributed by atoms with van der Waals surface area (Å²) in [6.07, 6.45) is 3.28. The van der Waals surface area contributed by atoms with E-state index in [9.17, 15) is 4.79 Å². The molecule has 1 fully saturated rings. The average molecular weight is 315 g/mol. The number of nitrogens with one attached hydrogen (secondary N) is 1. The van der Waals surface area contributed by atoms with Crippen molar-refractivity contribution in [3.05, 3.63) is 17.5 Å². The van der Waals surface area contributed by atoms with Gasteiger partial charge in [0.25, 0.3) is 6.47 Å². The molecule has 1 aliphatic heterocycles. The van der Waals surface area contributed by atoms with E-state index >= 15 is 0 Å². The van der Waals surface area contributed by atoms with Crippen molar-refractivity contribution in [2.45, 2.75) is 39.3 Å². The van der Waals surface area contributed by atoms with Crippen molar-refractivity contribution in [2.75, 3.05) is 24.5 Å². The highest BCUT2D eigenvalue weighted by Crippen LogP contribution is 2.20. The molecule has 0 radical (unpaired) electrons. The summed E-state index contributed by atoms with van der Waals surface area (Å²) >= 11 is 5.97. The molecule has 1 N–H and O–H groups in total. The molecule has 1 aromatic heterocycles. The number of aromatic nitrogens is 2. The summed E-state index contributed by atoms with van der Waals surface area (Å²) < 4.78 is 4.55. The largest absolute Gasteiger partial charge is 0.462 e. The van der Waals surface area contributed by atoms with Crippen LogP contribution in [0.4, 0.5) is 5.82 Å². The standard InChI is InChI=1S/C9H13ClN4.C5H10O2/c1-7-6-14(5-4-11-7)9-8(10)12-2-3-13-9;1-5(2,3)7-4-6/h2-3,7,11H,4-6H2,1H3;4H,1-3H3. The summed E-state index contributed by atoms with van der Waals surface area (Å²) in [5.41, 5.74) is -0.318. The van der Waals surface area contributed by atoms with Gasteiger partial charge in [-0.25, -0.2) is 9.97 Å². The molecule has 0 amide bonds. The molecule has 0 spiro atoms. The van der Waals surface area contributed by atoms with E-state index in [1.165, 1.54) is 0 Å². The Morgan fingerprint density at radius 3 is 2.57 bits per heavy atom. The van der Waals surface area contributed by atoms with Gasteiger partial charge in [-0.3, -0.25) is 4.79 Å². The highest BCUT2D eigenvalue weighted by Gasteiger charge is 2.19. The number of hydrogen-bond donors (Lipinski definition) is 1. The Kier molecular flexibility index (Phi) is 6.84. The molecule has 2 heterocycles. The summed E-state index contributed by atoms with van der Waals surface area (Å²) in [5, 5.41) is 3.86. The van der Waals surface area contributed by atoms with E-state index < -0.39 is 0 Å². The molecule has 0 aromatic carbocycles. The zero-order valence-corrected chi connectivity index (χ0v) is 13.7. The third-order valence-electron chi connectivity index (χ3n) is 2.71. The summed E-state index contributed by atoms with van der Waals surface area (Å²) in [6, 6.07) is 0.474. The lowest BCUT2D eigenvalue weighted by Gasteiger charge is -2.32. The van der Waals surface area contributed by atoms with Crippen molar-refractivity contribution >= 4 is 23.9 Å². The molecule has 0 bridgehead atoms. The van der Waals surface area contributed by atoms with Crippen molar-refractivity contribution in [2.24, 2.45) is 0 Å². The predicted octanol–water partition coefficient (Wildman–Crippen LogP) is 1.89. The lowest BCUT2D eigenvalue weighted by atomic mass is 10.2. The van der Waals surface area contributed by atoms with Crippen LogP contribution in [0.5, 0.6) is 0 Å². The van der Waals surface area contributed by atoms with Gasteiger partial charge in [-0.15, -0.1) is 0 Å². The Hall–Kier alpha value is -1.40. The van der Waals surface area contributed by atoms with E-state index in [1.807, 2.05) is 20.8 Å². The van der Waals surface area contributed by atoms with Crippen molar-refractivity contribution in [3.63, 3.8) is 0 Å². The summed E-state index contributed by atoms with van der Waals surface area (Å²) in [6.45, 7) is 10.9. The normalized spacial score (nSPS) is 18.5. The number of hydrogen-bond acceptors (Lipinski definition) is 6. The van der Waals surface area contributed by atoms with Crippen molar-refractivity contribution in [1.29, 1.82) is 0 Å². The highest BCUT2D eigenvalue weighted by atomic mass is 35.5. The van der Waals surface area contributed by atoms with Crippen molar-refractivity contribution in [1.82, 2.24) is 15.3 Å². The first-order valence-electron chi connectivity index (χ1n) is 6.90. The number of nitrogens with zero attached hydrogens (tertiary/aromatic N) is 3. The molecule has 0 saturated carbocycles. The molecule has 118 valence electrons. The molecule has 1 unspecified atom stereocenters. The van der Waals surface area contributed by atoms with Crippen LogP contribution < -0.4 is 10.2 Å². The number of rotatable bonds is 2. The van der Waals surface area contributed by atoms with Crippen LogP contribution in [0.2, 0.25) is 5.15 Å². The first-order chi connectivity index (χ1) is 9.83. The molecule has 6 nitrogen and oxygen atoms in total. The van der Waals surface area contributed by atoms with E-state index in [4.69, 9.17) is 11.6 Å². The minimum absolute atomic E-state index is 0.318. The maximum atomic E-state index is 9.60. The van der Waals surface area contributed by atoms with Gasteiger partial charge in [0.2, 0.25) is 0 Å². The fraction of sp³-hybridized carbons (Fsp3) is 0.643. The first-order valence-corrected chi connectivity index (χ1v) is 7.27. The molecule has 1 atom stereocenters. The second-order valence-corrected chi connectivity index (χ2v) is 6.16. The van der Waals surface area contributed by atoms with Crippen LogP contribution in [0.15, 0.2) is 12.4 Å². The van der Waals surface area contributed by atoms with E-state index in [1.54, 1.807) is 12.4 Å². The van der Waals surface area contributed by atoms with Gasteiger partial charge < -0.3 is 15.0 Å². The van der Waals surface area contributed by atoms with E-state index in [2.05, 4.69) is 31.8 Å². The molecule has 1 saturated heterocycles. The number of piperazine rings is 1. The molecule has 1 aromatic rings. The van der Waals surface area contributed by atoms with Crippen LogP contribution in [0.1, 0.15) is 27.7 Å². The maximum Gasteiger partial charge on any atom is 0.293 e. The Morgan fingerprint density at radius 2 is 2.10 bits per heavy atom. The quantitative estimate of drug-likeness (QED) is 0.841. The van der Waals surface area contributed by atoms with Gasteiger partial charge in [-0.05, 0) is 27.7 Å². The van der Waals surface area contributed by atoms with Crippen LogP contribution in [0.25, 0.3) is 0 Å². The third-order valence-corrected chi connectivity index (χ3v) is 2.97. The topological polar surface area (TPSA) is 67.3 Å². The molecular weight excluding hydrogens is 292 g/mol. The van der Waals surface area contributed by atoms with Gasteiger partial charge in [0.05, 0.1) is 0 Å². The van der Waals surface area contributed by atoms with Crippen molar-refractivity contribution < 1.29 is 9.53 Å². The Balaban J connectivity index is 0.000000270. The lowest BCUT2D eigenvalue weighted by molar-refractivity contribution is -0.138. The monoisotopic (exact) mass is 314 g/mol. The van der Waals surface area contributed by atoms with Gasteiger partial charge in [-0.1, -0.05) is 11.6 Å². The van der Waals surface area contributed by atoms with Gasteiger partial charge in [-0.2, -0.15) is 0 Å². The minimum atomic E-state index is -0.318. The highest BCUT2D eigenvalue weighted by molar-refractivity contribution is 6.31. The molecular formula is C14H23ClN4O2. The lowest BCUT2D eigenvalue weighted by Crippen LogP contribution is -2.49. The number of anilines is 1. The number of carbonyl (C=O) groups excluding carboxylic acids is 1. The minimum Gasteiger partial charge on any atom is -0.462 e. The number of ether oxygens (including phenoxy) is 1. The summed E-state index contributed by atoms with van der Waals surface area (Å²) in [5.74, 6) is 0.794. The fourth-order valence-corrected chi connectivity index (χ4v) is 2.02. The molecule has 0 aliphatic carbocycles.